The predicted octanol–water partition coefficient (Wildman–Crippen LogP) is 0.275. The maximum atomic E-state index is 11.7. The normalized spacial score (nSPS) is 21.1. The standard InChI is InChI=1S/C16H24N2O5/c19-7-1-4-18-12-15(21)14(20)10-13(18)11-17-5-2-16(3-6-17)22-8-9-23-16/h10,12,19,21H,1-9,11H2. The minimum atomic E-state index is -0.401. The van der Waals surface area contributed by atoms with Gasteiger partial charge in [-0.25, -0.2) is 0 Å². The second kappa shape index (κ2) is 7.00. The van der Waals surface area contributed by atoms with Gasteiger partial charge in [-0.05, 0) is 6.42 Å². The number of piperidine rings is 1. The molecule has 2 N–H and O–H groups in total. The van der Waals surface area contributed by atoms with Crippen LogP contribution in [0.5, 0.6) is 5.75 Å². The van der Waals surface area contributed by atoms with E-state index >= 15 is 0 Å². The fraction of sp³-hybridized carbons (Fsp3) is 0.688. The maximum absolute atomic E-state index is 11.7. The minimum Gasteiger partial charge on any atom is -0.503 e. The summed E-state index contributed by atoms with van der Waals surface area (Å²) in [6.07, 6.45) is 3.69. The molecule has 1 aromatic heterocycles. The van der Waals surface area contributed by atoms with Crippen molar-refractivity contribution in [3.05, 3.63) is 28.2 Å². The number of rotatable bonds is 5. The Kier molecular flexibility index (Phi) is 5.01. The summed E-state index contributed by atoms with van der Waals surface area (Å²) in [7, 11) is 0. The number of aromatic nitrogens is 1. The predicted molar refractivity (Wildman–Crippen MR) is 83.2 cm³/mol. The van der Waals surface area contributed by atoms with Crippen LogP contribution in [0.2, 0.25) is 0 Å². The van der Waals surface area contributed by atoms with Crippen LogP contribution in [0.1, 0.15) is 25.0 Å². The van der Waals surface area contributed by atoms with Crippen LogP contribution in [0.25, 0.3) is 0 Å². The second-order valence-electron chi connectivity index (χ2n) is 6.17. The molecule has 2 saturated heterocycles. The first kappa shape index (κ1) is 16.4. The molecule has 0 amide bonds. The summed E-state index contributed by atoms with van der Waals surface area (Å²) in [4.78, 5) is 14.0. The van der Waals surface area contributed by atoms with E-state index in [0.717, 1.165) is 31.6 Å². The van der Waals surface area contributed by atoms with Crippen LogP contribution in [-0.2, 0) is 22.6 Å². The Morgan fingerprint density at radius 2 is 1.91 bits per heavy atom. The van der Waals surface area contributed by atoms with Gasteiger partial charge in [-0.1, -0.05) is 0 Å². The SMILES string of the molecule is O=c1cc(CN2CCC3(CC2)OCCO3)n(CCCO)cc1O. The Hall–Kier alpha value is -1.41. The average molecular weight is 324 g/mol. The monoisotopic (exact) mass is 324 g/mol. The molecule has 2 fully saturated rings. The Labute approximate surface area is 135 Å². The van der Waals surface area contributed by atoms with E-state index in [-0.39, 0.29) is 17.8 Å². The van der Waals surface area contributed by atoms with Gasteiger partial charge in [-0.2, -0.15) is 0 Å². The van der Waals surface area contributed by atoms with Gasteiger partial charge in [0.05, 0.1) is 19.4 Å². The second-order valence-corrected chi connectivity index (χ2v) is 6.17. The molecular weight excluding hydrogens is 300 g/mol. The highest BCUT2D eigenvalue weighted by Gasteiger charge is 2.39. The smallest absolute Gasteiger partial charge is 0.223 e. The van der Waals surface area contributed by atoms with Crippen molar-refractivity contribution in [2.24, 2.45) is 0 Å². The third kappa shape index (κ3) is 3.74. The number of nitrogens with zero attached hydrogens (tertiary/aromatic N) is 2. The van der Waals surface area contributed by atoms with Crippen molar-refractivity contribution in [2.75, 3.05) is 32.9 Å². The number of aryl methyl sites for hydroxylation is 1. The van der Waals surface area contributed by atoms with Crippen molar-refractivity contribution in [3.8, 4) is 5.75 Å². The molecule has 2 aliphatic rings. The third-order valence-corrected chi connectivity index (χ3v) is 4.57. The molecule has 0 unspecified atom stereocenters. The van der Waals surface area contributed by atoms with E-state index in [1.165, 1.54) is 12.3 Å². The maximum Gasteiger partial charge on any atom is 0.223 e. The minimum absolute atomic E-state index is 0.0766. The molecule has 7 heteroatoms. The average Bonchev–Trinajstić information content (AvgIpc) is 3.00. The van der Waals surface area contributed by atoms with E-state index in [9.17, 15) is 9.90 Å². The summed E-state index contributed by atoms with van der Waals surface area (Å²) < 4.78 is 13.3. The first-order valence-electron chi connectivity index (χ1n) is 8.15. The highest BCUT2D eigenvalue weighted by atomic mass is 16.7. The van der Waals surface area contributed by atoms with Crippen molar-refractivity contribution in [1.82, 2.24) is 9.47 Å². The van der Waals surface area contributed by atoms with Gasteiger partial charge in [0.15, 0.2) is 11.5 Å². The number of hydrogen-bond acceptors (Lipinski definition) is 6. The first-order valence-corrected chi connectivity index (χ1v) is 8.15. The van der Waals surface area contributed by atoms with Crippen LogP contribution in [0.3, 0.4) is 0 Å². The van der Waals surface area contributed by atoms with Crippen molar-refractivity contribution < 1.29 is 19.7 Å². The zero-order valence-corrected chi connectivity index (χ0v) is 13.2. The zero-order chi connectivity index (χ0) is 16.3. The number of likely N-dealkylation sites (tertiary alicyclic amines) is 1. The highest BCUT2D eigenvalue weighted by Crippen LogP contribution is 2.31. The molecule has 128 valence electrons. The summed E-state index contributed by atoms with van der Waals surface area (Å²) in [5, 5.41) is 18.6. The molecule has 1 spiro atoms. The lowest BCUT2D eigenvalue weighted by atomic mass is 10.0. The lowest BCUT2D eigenvalue weighted by Gasteiger charge is -2.37. The van der Waals surface area contributed by atoms with Gasteiger partial charge in [-0.3, -0.25) is 9.69 Å². The molecule has 7 nitrogen and oxygen atoms in total. The molecule has 3 heterocycles. The van der Waals surface area contributed by atoms with E-state index in [1.54, 1.807) is 0 Å². The number of aliphatic hydroxyl groups excluding tert-OH is 1. The van der Waals surface area contributed by atoms with Crippen molar-refractivity contribution in [3.63, 3.8) is 0 Å². The molecule has 23 heavy (non-hydrogen) atoms. The Bertz CT molecular complexity index is 585. The highest BCUT2D eigenvalue weighted by molar-refractivity contribution is 5.20. The molecule has 3 rings (SSSR count). The third-order valence-electron chi connectivity index (χ3n) is 4.57. The fourth-order valence-electron chi connectivity index (χ4n) is 3.25. The number of ether oxygens (including phenoxy) is 2. The molecule has 1 aromatic rings. The van der Waals surface area contributed by atoms with Gasteiger partial charge < -0.3 is 24.3 Å². The van der Waals surface area contributed by atoms with E-state index in [2.05, 4.69) is 4.90 Å². The zero-order valence-electron chi connectivity index (χ0n) is 13.2. The molecule has 0 saturated carbocycles. The number of aliphatic hydroxyl groups is 1. The van der Waals surface area contributed by atoms with Crippen molar-refractivity contribution >= 4 is 0 Å². The molecule has 0 aliphatic carbocycles. The molecule has 2 aliphatic heterocycles. The molecule has 0 atom stereocenters. The van der Waals surface area contributed by atoms with Gasteiger partial charge in [-0.15, -0.1) is 0 Å². The summed E-state index contributed by atoms with van der Waals surface area (Å²) in [5.41, 5.74) is 0.488. The largest absolute Gasteiger partial charge is 0.503 e. The molecule has 0 aromatic carbocycles. The van der Waals surface area contributed by atoms with Crippen LogP contribution in [0.4, 0.5) is 0 Å². The van der Waals surface area contributed by atoms with Gasteiger partial charge >= 0.3 is 0 Å². The summed E-state index contributed by atoms with van der Waals surface area (Å²) in [6.45, 7) is 4.30. The quantitative estimate of drug-likeness (QED) is 0.809. The summed E-state index contributed by atoms with van der Waals surface area (Å²) in [5.74, 6) is -0.654. The van der Waals surface area contributed by atoms with Gasteiger partial charge in [0.1, 0.15) is 0 Å². The van der Waals surface area contributed by atoms with Crippen molar-refractivity contribution in [2.45, 2.75) is 38.1 Å². The van der Waals surface area contributed by atoms with Crippen LogP contribution in [0.15, 0.2) is 17.1 Å². The Morgan fingerprint density at radius 1 is 1.22 bits per heavy atom. The van der Waals surface area contributed by atoms with E-state index in [0.29, 0.717) is 32.7 Å². The Morgan fingerprint density at radius 3 is 2.57 bits per heavy atom. The van der Waals surface area contributed by atoms with Gasteiger partial charge in [0.2, 0.25) is 5.43 Å². The summed E-state index contributed by atoms with van der Waals surface area (Å²) in [6, 6.07) is 1.49. The lowest BCUT2D eigenvalue weighted by Crippen LogP contribution is -2.45. The molecule has 0 bridgehead atoms. The number of pyridine rings is 1. The van der Waals surface area contributed by atoms with Gasteiger partial charge in [0, 0.05) is 57.4 Å². The van der Waals surface area contributed by atoms with E-state index < -0.39 is 5.79 Å². The summed E-state index contributed by atoms with van der Waals surface area (Å²) >= 11 is 0. The molecule has 0 radical (unpaired) electrons. The van der Waals surface area contributed by atoms with Crippen molar-refractivity contribution in [1.29, 1.82) is 0 Å². The number of hydrogen-bond donors (Lipinski definition) is 2. The lowest BCUT2D eigenvalue weighted by molar-refractivity contribution is -0.185. The van der Waals surface area contributed by atoms with Crippen LogP contribution < -0.4 is 5.43 Å². The molecular formula is C16H24N2O5. The van der Waals surface area contributed by atoms with Crippen LogP contribution in [-0.4, -0.2) is 58.4 Å². The van der Waals surface area contributed by atoms with E-state index in [1.807, 2.05) is 4.57 Å². The van der Waals surface area contributed by atoms with Crippen LogP contribution in [0, 0.1) is 0 Å². The fourth-order valence-corrected chi connectivity index (χ4v) is 3.25. The van der Waals surface area contributed by atoms with E-state index in [4.69, 9.17) is 14.6 Å². The van der Waals surface area contributed by atoms with Crippen LogP contribution >= 0.6 is 0 Å². The number of aromatic hydroxyl groups is 1. The topological polar surface area (TPSA) is 84.2 Å². The Balaban J connectivity index is 1.67. The first-order chi connectivity index (χ1) is 11.1. The van der Waals surface area contributed by atoms with Gasteiger partial charge in [0.25, 0.3) is 0 Å².